The molecule has 4 heteroatoms. The van der Waals surface area contributed by atoms with Gasteiger partial charge in [0.2, 0.25) is 5.91 Å². The van der Waals surface area contributed by atoms with Gasteiger partial charge < -0.3 is 14.7 Å². The number of para-hydroxylation sites is 1. The first-order chi connectivity index (χ1) is 9.11. The third-order valence-corrected chi connectivity index (χ3v) is 3.75. The van der Waals surface area contributed by atoms with Crippen LogP contribution in [-0.4, -0.2) is 42.2 Å². The summed E-state index contributed by atoms with van der Waals surface area (Å²) in [5, 5.41) is 9.69. The minimum atomic E-state index is -0.282. The fourth-order valence-corrected chi connectivity index (χ4v) is 2.48. The van der Waals surface area contributed by atoms with Crippen LogP contribution in [0.1, 0.15) is 18.9 Å². The van der Waals surface area contributed by atoms with Gasteiger partial charge in [-0.25, -0.2) is 0 Å². The number of hydrogen-bond acceptors (Lipinski definition) is 3. The average molecular weight is 263 g/mol. The molecule has 0 saturated carbocycles. The molecule has 1 amide bonds. The second-order valence-corrected chi connectivity index (χ2v) is 5.16. The summed E-state index contributed by atoms with van der Waals surface area (Å²) in [4.78, 5) is 14.1. The van der Waals surface area contributed by atoms with E-state index in [-0.39, 0.29) is 17.9 Å². The van der Waals surface area contributed by atoms with Crippen LogP contribution in [-0.2, 0) is 11.2 Å². The minimum absolute atomic E-state index is 0.100. The summed E-state index contributed by atoms with van der Waals surface area (Å²) < 4.78 is 5.26. The molecule has 1 aliphatic heterocycles. The lowest BCUT2D eigenvalue weighted by Crippen LogP contribution is -2.45. The molecule has 0 aromatic heterocycles. The van der Waals surface area contributed by atoms with Crippen LogP contribution in [0.15, 0.2) is 24.3 Å². The zero-order chi connectivity index (χ0) is 13.8. The van der Waals surface area contributed by atoms with Crippen molar-refractivity contribution in [1.29, 1.82) is 0 Å². The van der Waals surface area contributed by atoms with E-state index in [4.69, 9.17) is 4.74 Å². The van der Waals surface area contributed by atoms with E-state index in [9.17, 15) is 9.90 Å². The number of aliphatic hydroxyl groups is 1. The largest absolute Gasteiger partial charge is 0.496 e. The third-order valence-electron chi connectivity index (χ3n) is 3.75. The molecule has 2 unspecified atom stereocenters. The number of amides is 1. The molecule has 1 N–H and O–H groups in total. The Morgan fingerprint density at radius 1 is 1.47 bits per heavy atom. The summed E-state index contributed by atoms with van der Waals surface area (Å²) in [6, 6.07) is 7.59. The molecule has 0 aliphatic carbocycles. The van der Waals surface area contributed by atoms with Crippen molar-refractivity contribution in [3.63, 3.8) is 0 Å². The van der Waals surface area contributed by atoms with Crippen LogP contribution in [0.2, 0.25) is 0 Å². The number of rotatable bonds is 3. The highest BCUT2D eigenvalue weighted by Crippen LogP contribution is 2.21. The Bertz CT molecular complexity index is 447. The molecule has 1 saturated heterocycles. The maximum atomic E-state index is 12.3. The lowest BCUT2D eigenvalue weighted by atomic mass is 9.96. The Hall–Kier alpha value is -1.55. The van der Waals surface area contributed by atoms with Crippen molar-refractivity contribution in [2.45, 2.75) is 25.9 Å². The van der Waals surface area contributed by atoms with E-state index in [0.29, 0.717) is 25.9 Å². The monoisotopic (exact) mass is 263 g/mol. The average Bonchev–Trinajstić information content (AvgIpc) is 2.42. The molecular weight excluding hydrogens is 242 g/mol. The topological polar surface area (TPSA) is 49.8 Å². The number of likely N-dealkylation sites (tertiary alicyclic amines) is 1. The fraction of sp³-hybridized carbons (Fsp3) is 0.533. The Morgan fingerprint density at radius 3 is 2.89 bits per heavy atom. The molecule has 0 spiro atoms. The Labute approximate surface area is 114 Å². The van der Waals surface area contributed by atoms with E-state index in [0.717, 1.165) is 11.3 Å². The van der Waals surface area contributed by atoms with Crippen LogP contribution in [0.25, 0.3) is 0 Å². The van der Waals surface area contributed by atoms with Crippen molar-refractivity contribution in [3.05, 3.63) is 29.8 Å². The quantitative estimate of drug-likeness (QED) is 0.898. The normalized spacial score (nSPS) is 23.2. The highest BCUT2D eigenvalue weighted by molar-refractivity contribution is 5.79. The molecular formula is C15H21NO3. The lowest BCUT2D eigenvalue weighted by molar-refractivity contribution is -0.134. The number of aliphatic hydroxyl groups excluding tert-OH is 1. The molecule has 4 nitrogen and oxygen atoms in total. The van der Waals surface area contributed by atoms with E-state index < -0.39 is 0 Å². The highest BCUT2D eigenvalue weighted by Gasteiger charge is 2.27. The van der Waals surface area contributed by atoms with Crippen molar-refractivity contribution in [3.8, 4) is 5.75 Å². The molecule has 2 atom stereocenters. The molecule has 104 valence electrons. The van der Waals surface area contributed by atoms with Crippen molar-refractivity contribution < 1.29 is 14.6 Å². The van der Waals surface area contributed by atoms with Crippen LogP contribution in [0.3, 0.4) is 0 Å². The molecule has 1 heterocycles. The van der Waals surface area contributed by atoms with Crippen molar-refractivity contribution in [2.75, 3.05) is 20.2 Å². The number of piperidine rings is 1. The van der Waals surface area contributed by atoms with E-state index in [1.807, 2.05) is 36.1 Å². The van der Waals surface area contributed by atoms with Gasteiger partial charge in [-0.1, -0.05) is 25.1 Å². The predicted molar refractivity (Wildman–Crippen MR) is 73.1 cm³/mol. The van der Waals surface area contributed by atoms with Gasteiger partial charge in [-0.2, -0.15) is 0 Å². The van der Waals surface area contributed by atoms with Crippen LogP contribution in [0, 0.1) is 5.92 Å². The van der Waals surface area contributed by atoms with E-state index >= 15 is 0 Å². The molecule has 2 rings (SSSR count). The van der Waals surface area contributed by atoms with E-state index in [1.54, 1.807) is 7.11 Å². The summed E-state index contributed by atoms with van der Waals surface area (Å²) in [6.45, 7) is 3.25. The molecule has 19 heavy (non-hydrogen) atoms. The van der Waals surface area contributed by atoms with Crippen LogP contribution in [0.4, 0.5) is 0 Å². The van der Waals surface area contributed by atoms with Gasteiger partial charge in [0.05, 0.1) is 19.6 Å². The molecule has 0 radical (unpaired) electrons. The summed E-state index contributed by atoms with van der Waals surface area (Å²) >= 11 is 0. The van der Waals surface area contributed by atoms with Crippen LogP contribution >= 0.6 is 0 Å². The summed E-state index contributed by atoms with van der Waals surface area (Å²) in [5.74, 6) is 1.000. The van der Waals surface area contributed by atoms with E-state index in [1.165, 1.54) is 0 Å². The van der Waals surface area contributed by atoms with Gasteiger partial charge in [0, 0.05) is 18.7 Å². The molecule has 1 aromatic carbocycles. The standard InChI is InChI=1S/C15H21NO3/c1-11-10-16(8-7-13(11)17)15(18)9-12-5-3-4-6-14(12)19-2/h3-6,11,13,17H,7-10H2,1-2H3. The highest BCUT2D eigenvalue weighted by atomic mass is 16.5. The zero-order valence-electron chi connectivity index (χ0n) is 11.5. The number of methoxy groups -OCH3 is 1. The molecule has 1 fully saturated rings. The van der Waals surface area contributed by atoms with Gasteiger partial charge in [0.25, 0.3) is 0 Å². The maximum absolute atomic E-state index is 12.3. The van der Waals surface area contributed by atoms with Gasteiger partial charge in [-0.15, -0.1) is 0 Å². The van der Waals surface area contributed by atoms with Crippen molar-refractivity contribution in [1.82, 2.24) is 4.90 Å². The third kappa shape index (κ3) is 3.26. The minimum Gasteiger partial charge on any atom is -0.496 e. The van der Waals surface area contributed by atoms with E-state index in [2.05, 4.69) is 0 Å². The summed E-state index contributed by atoms with van der Waals surface area (Å²) in [5.41, 5.74) is 0.911. The number of carbonyl (C=O) groups excluding carboxylic acids is 1. The number of carbonyl (C=O) groups is 1. The van der Waals surface area contributed by atoms with Crippen LogP contribution in [0.5, 0.6) is 5.75 Å². The first-order valence-corrected chi connectivity index (χ1v) is 6.69. The first-order valence-electron chi connectivity index (χ1n) is 6.69. The number of benzene rings is 1. The molecule has 0 bridgehead atoms. The Balaban J connectivity index is 2.01. The number of ether oxygens (including phenoxy) is 1. The first kappa shape index (κ1) is 13.9. The second kappa shape index (κ2) is 6.06. The Kier molecular flexibility index (Phi) is 4.43. The molecule has 1 aromatic rings. The van der Waals surface area contributed by atoms with Crippen molar-refractivity contribution in [2.24, 2.45) is 5.92 Å². The van der Waals surface area contributed by atoms with Crippen LogP contribution < -0.4 is 4.74 Å². The Morgan fingerprint density at radius 2 is 2.21 bits per heavy atom. The van der Waals surface area contributed by atoms with Gasteiger partial charge in [0.1, 0.15) is 5.75 Å². The lowest BCUT2D eigenvalue weighted by Gasteiger charge is -2.34. The van der Waals surface area contributed by atoms with Gasteiger partial charge in [0.15, 0.2) is 0 Å². The predicted octanol–water partition coefficient (Wildman–Crippen LogP) is 1.47. The number of nitrogens with zero attached hydrogens (tertiary/aromatic N) is 1. The van der Waals surface area contributed by atoms with Gasteiger partial charge >= 0.3 is 0 Å². The smallest absolute Gasteiger partial charge is 0.227 e. The zero-order valence-corrected chi connectivity index (χ0v) is 11.5. The SMILES string of the molecule is COc1ccccc1CC(=O)N1CCC(O)C(C)C1. The fourth-order valence-electron chi connectivity index (χ4n) is 2.48. The number of hydrogen-bond donors (Lipinski definition) is 1. The van der Waals surface area contributed by atoms with Crippen molar-refractivity contribution >= 4 is 5.91 Å². The summed E-state index contributed by atoms with van der Waals surface area (Å²) in [6.07, 6.45) is 0.737. The van der Waals surface area contributed by atoms with Gasteiger partial charge in [-0.05, 0) is 18.4 Å². The second-order valence-electron chi connectivity index (χ2n) is 5.16. The molecule has 1 aliphatic rings. The summed E-state index contributed by atoms with van der Waals surface area (Å²) in [7, 11) is 1.61. The maximum Gasteiger partial charge on any atom is 0.227 e. The van der Waals surface area contributed by atoms with Gasteiger partial charge in [-0.3, -0.25) is 4.79 Å².